The average Bonchev–Trinajstić information content (AvgIpc) is 2.87. The van der Waals surface area contributed by atoms with Crippen molar-refractivity contribution in [3.63, 3.8) is 0 Å². The lowest BCUT2D eigenvalue weighted by Crippen LogP contribution is -2.57. The summed E-state index contributed by atoms with van der Waals surface area (Å²) in [5, 5.41) is 20.9. The highest BCUT2D eigenvalue weighted by Gasteiger charge is 2.64. The normalized spacial score (nSPS) is 48.4. The molecule has 0 aromatic rings. The largest absolute Gasteiger partial charge is 0.481 e. The Hall–Kier alpha value is -0.650. The van der Waals surface area contributed by atoms with Crippen LogP contribution in [0.15, 0.2) is 23.8 Å². The van der Waals surface area contributed by atoms with E-state index < -0.39 is 11.6 Å². The van der Waals surface area contributed by atoms with Gasteiger partial charge in [-0.25, -0.2) is 0 Å². The molecular formula is C22H30O3S2. The van der Waals surface area contributed by atoms with Gasteiger partial charge in [0.05, 0.1) is 5.60 Å². The molecule has 27 heavy (non-hydrogen) atoms. The summed E-state index contributed by atoms with van der Waals surface area (Å²) in [6.07, 6.45) is 11.6. The molecule has 4 rings (SSSR count). The van der Waals surface area contributed by atoms with Gasteiger partial charge in [0.15, 0.2) is 0 Å². The van der Waals surface area contributed by atoms with E-state index in [1.54, 1.807) is 0 Å². The van der Waals surface area contributed by atoms with Gasteiger partial charge in [-0.2, -0.15) is 12.6 Å². The van der Waals surface area contributed by atoms with E-state index in [-0.39, 0.29) is 22.5 Å². The van der Waals surface area contributed by atoms with Gasteiger partial charge in [0, 0.05) is 22.0 Å². The average molecular weight is 407 g/mol. The van der Waals surface area contributed by atoms with Crippen molar-refractivity contribution < 1.29 is 15.0 Å². The fourth-order valence-corrected chi connectivity index (χ4v) is 7.83. The Morgan fingerprint density at radius 2 is 2.00 bits per heavy atom. The first kappa shape index (κ1) is 19.7. The Bertz CT molecular complexity index is 744. The number of carbonyl (C=O) groups is 1. The maximum atomic E-state index is 11.5. The summed E-state index contributed by atoms with van der Waals surface area (Å²) in [4.78, 5) is 12.0. The summed E-state index contributed by atoms with van der Waals surface area (Å²) in [6, 6.07) is 0. The second kappa shape index (κ2) is 6.43. The predicted octanol–water partition coefficient (Wildman–Crippen LogP) is 4.60. The van der Waals surface area contributed by atoms with Gasteiger partial charge in [-0.1, -0.05) is 37.7 Å². The van der Waals surface area contributed by atoms with Crippen molar-refractivity contribution in [2.24, 2.45) is 28.6 Å². The SMILES string of the molecule is C[C@]12C=CC(=S)C=C1CC(S)[C@@H]1[C@@H]2CC[C@@]2(C)[C@H]1CC[C@]2(O)CCC(=O)O. The van der Waals surface area contributed by atoms with E-state index in [9.17, 15) is 9.90 Å². The van der Waals surface area contributed by atoms with Crippen LogP contribution < -0.4 is 0 Å². The summed E-state index contributed by atoms with van der Waals surface area (Å²) in [6.45, 7) is 4.56. The van der Waals surface area contributed by atoms with Crippen molar-refractivity contribution in [3.8, 4) is 0 Å². The fraction of sp³-hybridized carbons (Fsp3) is 0.727. The van der Waals surface area contributed by atoms with Crippen LogP contribution in [0.2, 0.25) is 0 Å². The quantitative estimate of drug-likeness (QED) is 0.474. The summed E-state index contributed by atoms with van der Waals surface area (Å²) in [5.41, 5.74) is 0.375. The van der Waals surface area contributed by atoms with E-state index in [4.69, 9.17) is 30.0 Å². The van der Waals surface area contributed by atoms with Crippen molar-refractivity contribution in [3.05, 3.63) is 23.8 Å². The maximum Gasteiger partial charge on any atom is 0.303 e. The highest BCUT2D eigenvalue weighted by atomic mass is 32.1. The first-order chi connectivity index (χ1) is 12.6. The van der Waals surface area contributed by atoms with E-state index in [2.05, 4.69) is 32.1 Å². The topological polar surface area (TPSA) is 57.5 Å². The number of thiol groups is 1. The molecule has 148 valence electrons. The van der Waals surface area contributed by atoms with Gasteiger partial charge < -0.3 is 10.2 Å². The zero-order chi connectivity index (χ0) is 19.6. The molecule has 5 heteroatoms. The molecule has 2 N–H and O–H groups in total. The summed E-state index contributed by atoms with van der Waals surface area (Å²) in [7, 11) is 0. The molecule has 0 aliphatic heterocycles. The minimum Gasteiger partial charge on any atom is -0.481 e. The Balaban J connectivity index is 1.67. The summed E-state index contributed by atoms with van der Waals surface area (Å²) < 4.78 is 0. The number of aliphatic hydroxyl groups is 1. The molecule has 0 heterocycles. The third kappa shape index (κ3) is 2.79. The maximum absolute atomic E-state index is 11.5. The number of allylic oxidation sites excluding steroid dienone is 4. The Morgan fingerprint density at radius 1 is 1.30 bits per heavy atom. The van der Waals surface area contributed by atoms with Crippen molar-refractivity contribution in [1.29, 1.82) is 0 Å². The molecule has 4 aliphatic carbocycles. The van der Waals surface area contributed by atoms with Crippen LogP contribution in [-0.4, -0.2) is 31.9 Å². The minimum atomic E-state index is -0.866. The Kier molecular flexibility index (Phi) is 4.68. The number of carboxylic acid groups (broad SMARTS) is 1. The fourth-order valence-electron chi connectivity index (χ4n) is 7.01. The second-order valence-corrected chi connectivity index (χ2v) is 10.8. The molecule has 0 aromatic carbocycles. The molecule has 7 atom stereocenters. The number of carboxylic acids is 1. The van der Waals surface area contributed by atoms with Gasteiger partial charge >= 0.3 is 5.97 Å². The van der Waals surface area contributed by atoms with E-state index in [0.717, 1.165) is 30.5 Å². The van der Waals surface area contributed by atoms with Crippen LogP contribution in [0.1, 0.15) is 58.8 Å². The molecule has 0 radical (unpaired) electrons. The first-order valence-electron chi connectivity index (χ1n) is 10.2. The highest BCUT2D eigenvalue weighted by Crippen LogP contribution is 2.68. The third-order valence-electron chi connectivity index (χ3n) is 8.65. The number of hydrogen-bond acceptors (Lipinski definition) is 4. The number of aliphatic carboxylic acids is 1. The molecular weight excluding hydrogens is 376 g/mol. The molecule has 0 aromatic heterocycles. The van der Waals surface area contributed by atoms with Crippen molar-refractivity contribution in [2.45, 2.75) is 69.6 Å². The van der Waals surface area contributed by atoms with Crippen LogP contribution in [0.4, 0.5) is 0 Å². The van der Waals surface area contributed by atoms with E-state index in [0.29, 0.717) is 30.6 Å². The molecule has 1 unspecified atom stereocenters. The molecule has 3 fully saturated rings. The number of rotatable bonds is 3. The molecule has 0 bridgehead atoms. The zero-order valence-corrected chi connectivity index (χ0v) is 17.9. The first-order valence-corrected chi connectivity index (χ1v) is 11.1. The van der Waals surface area contributed by atoms with E-state index in [1.807, 2.05) is 0 Å². The monoisotopic (exact) mass is 406 g/mol. The van der Waals surface area contributed by atoms with Gasteiger partial charge in [0.25, 0.3) is 0 Å². The zero-order valence-electron chi connectivity index (χ0n) is 16.1. The molecule has 0 saturated heterocycles. The van der Waals surface area contributed by atoms with Crippen molar-refractivity contribution in [1.82, 2.24) is 0 Å². The predicted molar refractivity (Wildman–Crippen MR) is 114 cm³/mol. The number of thiocarbonyl (C=S) groups is 1. The molecule has 3 saturated carbocycles. The summed E-state index contributed by atoms with van der Waals surface area (Å²) in [5.74, 6) is 0.543. The minimum absolute atomic E-state index is 0.0370. The molecule has 0 spiro atoms. The lowest BCUT2D eigenvalue weighted by molar-refractivity contribution is -0.145. The smallest absolute Gasteiger partial charge is 0.303 e. The van der Waals surface area contributed by atoms with Crippen LogP contribution in [0.3, 0.4) is 0 Å². The van der Waals surface area contributed by atoms with Gasteiger partial charge in [0.1, 0.15) is 0 Å². The Labute approximate surface area is 172 Å². The second-order valence-electron chi connectivity index (χ2n) is 9.67. The van der Waals surface area contributed by atoms with Gasteiger partial charge in [0.2, 0.25) is 0 Å². The van der Waals surface area contributed by atoms with Crippen LogP contribution in [0, 0.1) is 28.6 Å². The molecule has 3 nitrogen and oxygen atoms in total. The lowest BCUT2D eigenvalue weighted by Gasteiger charge is -2.60. The van der Waals surface area contributed by atoms with Gasteiger partial charge in [-0.15, -0.1) is 0 Å². The number of fused-ring (bicyclic) bond motifs is 5. The van der Waals surface area contributed by atoms with Crippen LogP contribution in [0.5, 0.6) is 0 Å². The summed E-state index contributed by atoms with van der Waals surface area (Å²) >= 11 is 10.5. The Morgan fingerprint density at radius 3 is 2.70 bits per heavy atom. The van der Waals surface area contributed by atoms with E-state index >= 15 is 0 Å². The van der Waals surface area contributed by atoms with Crippen LogP contribution in [-0.2, 0) is 4.79 Å². The number of hydrogen-bond donors (Lipinski definition) is 3. The van der Waals surface area contributed by atoms with Gasteiger partial charge in [-0.3, -0.25) is 4.79 Å². The van der Waals surface area contributed by atoms with Crippen LogP contribution >= 0.6 is 24.8 Å². The standard InChI is InChI=1S/C22H30O3S2/c1-20-7-3-14(26)11-13(20)12-17(27)19-15(20)4-8-21(2)16(19)5-9-22(21,25)10-6-18(23)24/h3,7,11,15-17,19,25,27H,4-6,8-10,12H2,1-2H3,(H,23,24)/t15-,16-,17?,19+,20-,21-,22-/m0/s1. The van der Waals surface area contributed by atoms with Gasteiger partial charge in [-0.05, 0) is 73.8 Å². The van der Waals surface area contributed by atoms with Crippen molar-refractivity contribution >= 4 is 35.7 Å². The molecule has 0 amide bonds. The lowest BCUT2D eigenvalue weighted by atomic mass is 9.47. The highest BCUT2D eigenvalue weighted by molar-refractivity contribution is 7.81. The third-order valence-corrected chi connectivity index (χ3v) is 9.43. The van der Waals surface area contributed by atoms with Crippen LogP contribution in [0.25, 0.3) is 0 Å². The molecule has 4 aliphatic rings. The van der Waals surface area contributed by atoms with Crippen molar-refractivity contribution in [2.75, 3.05) is 0 Å². The van der Waals surface area contributed by atoms with E-state index in [1.165, 1.54) is 5.57 Å².